The van der Waals surface area contributed by atoms with Gasteiger partial charge >= 0.3 is 6.18 Å². The largest absolute Gasteiger partial charge is 0.433 e. The Morgan fingerprint density at radius 3 is 2.48 bits per heavy atom. The Labute approximate surface area is 148 Å². The highest BCUT2D eigenvalue weighted by molar-refractivity contribution is 5.85. The van der Waals surface area contributed by atoms with E-state index in [1.165, 1.54) is 0 Å². The van der Waals surface area contributed by atoms with Crippen LogP contribution in [0.3, 0.4) is 0 Å². The first-order valence-electron chi connectivity index (χ1n) is 7.10. The van der Waals surface area contributed by atoms with Gasteiger partial charge in [-0.05, 0) is 11.6 Å². The van der Waals surface area contributed by atoms with Gasteiger partial charge in [0.2, 0.25) is 11.9 Å². The molecule has 2 rings (SSSR count). The SMILES string of the molecule is Cl.NC(C(=O)NCCNc1nccc(C(F)(F)F)n1)c1ccccc1. The van der Waals surface area contributed by atoms with Gasteiger partial charge in [0.25, 0.3) is 0 Å². The van der Waals surface area contributed by atoms with Crippen molar-refractivity contribution < 1.29 is 18.0 Å². The number of aromatic nitrogens is 2. The standard InChI is InChI=1S/C15H16F3N5O.ClH/c16-15(17,18)11-6-7-21-14(23-11)22-9-8-20-13(24)12(19)10-4-2-1-3-5-10;/h1-7,12H,8-9,19H2,(H,20,24)(H,21,22,23);1H. The second-order valence-corrected chi connectivity index (χ2v) is 4.87. The number of carbonyl (C=O) groups excluding carboxylic acids is 1. The predicted octanol–water partition coefficient (Wildman–Crippen LogP) is 2.15. The first-order valence-corrected chi connectivity index (χ1v) is 7.10. The summed E-state index contributed by atoms with van der Waals surface area (Å²) in [5, 5.41) is 5.21. The number of carbonyl (C=O) groups is 1. The van der Waals surface area contributed by atoms with Crippen molar-refractivity contribution in [1.82, 2.24) is 15.3 Å². The molecule has 0 aliphatic heterocycles. The maximum Gasteiger partial charge on any atom is 0.433 e. The van der Waals surface area contributed by atoms with Gasteiger partial charge < -0.3 is 16.4 Å². The van der Waals surface area contributed by atoms with Gasteiger partial charge in [0.1, 0.15) is 11.7 Å². The van der Waals surface area contributed by atoms with Crippen LogP contribution < -0.4 is 16.4 Å². The monoisotopic (exact) mass is 375 g/mol. The van der Waals surface area contributed by atoms with E-state index in [0.29, 0.717) is 5.56 Å². The summed E-state index contributed by atoms with van der Waals surface area (Å²) < 4.78 is 37.6. The molecule has 1 atom stereocenters. The molecule has 0 spiro atoms. The Balaban J connectivity index is 0.00000312. The molecule has 6 nitrogen and oxygen atoms in total. The summed E-state index contributed by atoms with van der Waals surface area (Å²) in [5.41, 5.74) is 5.46. The van der Waals surface area contributed by atoms with Gasteiger partial charge in [-0.25, -0.2) is 9.97 Å². The number of alkyl halides is 3. The van der Waals surface area contributed by atoms with Crippen LogP contribution in [0.5, 0.6) is 0 Å². The molecule has 0 bridgehead atoms. The van der Waals surface area contributed by atoms with E-state index in [9.17, 15) is 18.0 Å². The van der Waals surface area contributed by atoms with Crippen molar-refractivity contribution in [1.29, 1.82) is 0 Å². The van der Waals surface area contributed by atoms with Crippen molar-refractivity contribution in [2.45, 2.75) is 12.2 Å². The minimum Gasteiger partial charge on any atom is -0.353 e. The smallest absolute Gasteiger partial charge is 0.353 e. The number of halogens is 4. The summed E-state index contributed by atoms with van der Waals surface area (Å²) in [4.78, 5) is 18.9. The van der Waals surface area contributed by atoms with Crippen molar-refractivity contribution in [2.24, 2.45) is 5.73 Å². The third-order valence-corrected chi connectivity index (χ3v) is 3.09. The fourth-order valence-electron chi connectivity index (χ4n) is 1.88. The van der Waals surface area contributed by atoms with Crippen molar-refractivity contribution in [3.05, 3.63) is 53.9 Å². The predicted molar refractivity (Wildman–Crippen MR) is 89.2 cm³/mol. The highest BCUT2D eigenvalue weighted by Gasteiger charge is 2.32. The molecule has 1 aromatic heterocycles. The van der Waals surface area contributed by atoms with Crippen molar-refractivity contribution in [2.75, 3.05) is 18.4 Å². The highest BCUT2D eigenvalue weighted by Crippen LogP contribution is 2.27. The number of benzene rings is 1. The number of nitrogens with zero attached hydrogens (tertiary/aromatic N) is 2. The van der Waals surface area contributed by atoms with Gasteiger partial charge in [0.15, 0.2) is 0 Å². The molecule has 0 saturated heterocycles. The van der Waals surface area contributed by atoms with E-state index in [2.05, 4.69) is 20.6 Å². The topological polar surface area (TPSA) is 92.9 Å². The summed E-state index contributed by atoms with van der Waals surface area (Å²) in [6.45, 7) is 0.327. The van der Waals surface area contributed by atoms with Crippen LogP contribution in [-0.4, -0.2) is 29.0 Å². The van der Waals surface area contributed by atoms with Crippen molar-refractivity contribution in [3.8, 4) is 0 Å². The molecular weight excluding hydrogens is 359 g/mol. The molecule has 1 amide bonds. The zero-order chi connectivity index (χ0) is 17.6. The quantitative estimate of drug-likeness (QED) is 0.673. The van der Waals surface area contributed by atoms with E-state index < -0.39 is 17.9 Å². The first kappa shape index (κ1) is 20.7. The molecule has 10 heteroatoms. The minimum absolute atomic E-state index is 0. The Morgan fingerprint density at radius 2 is 1.84 bits per heavy atom. The van der Waals surface area contributed by atoms with Crippen LogP contribution in [0.1, 0.15) is 17.3 Å². The zero-order valence-electron chi connectivity index (χ0n) is 13.0. The van der Waals surface area contributed by atoms with E-state index in [4.69, 9.17) is 5.73 Å². The summed E-state index contributed by atoms with van der Waals surface area (Å²) in [5.74, 6) is -0.542. The summed E-state index contributed by atoms with van der Waals surface area (Å²) in [6.07, 6.45) is -3.52. The number of hydrogen-bond donors (Lipinski definition) is 3. The maximum absolute atomic E-state index is 12.5. The Morgan fingerprint density at radius 1 is 1.16 bits per heavy atom. The van der Waals surface area contributed by atoms with Gasteiger partial charge in [-0.1, -0.05) is 30.3 Å². The lowest BCUT2D eigenvalue weighted by Gasteiger charge is -2.13. The molecule has 0 aliphatic carbocycles. The number of rotatable bonds is 6. The Bertz CT molecular complexity index is 684. The number of nitrogens with two attached hydrogens (primary N) is 1. The van der Waals surface area contributed by atoms with Crippen LogP contribution >= 0.6 is 12.4 Å². The number of amides is 1. The lowest BCUT2D eigenvalue weighted by molar-refractivity contribution is -0.141. The van der Waals surface area contributed by atoms with Crippen LogP contribution in [0.2, 0.25) is 0 Å². The lowest BCUT2D eigenvalue weighted by Crippen LogP contribution is -2.36. The molecule has 25 heavy (non-hydrogen) atoms. The van der Waals surface area contributed by atoms with Crippen molar-refractivity contribution in [3.63, 3.8) is 0 Å². The third kappa shape index (κ3) is 6.20. The average Bonchev–Trinajstić information content (AvgIpc) is 2.58. The molecule has 0 radical (unpaired) electrons. The molecule has 0 saturated carbocycles. The second kappa shape index (κ2) is 9.19. The molecule has 1 unspecified atom stereocenters. The molecule has 4 N–H and O–H groups in total. The third-order valence-electron chi connectivity index (χ3n) is 3.09. The maximum atomic E-state index is 12.5. The first-order chi connectivity index (χ1) is 11.4. The molecule has 0 aliphatic rings. The molecule has 1 heterocycles. The molecule has 1 aromatic carbocycles. The van der Waals surface area contributed by atoms with E-state index in [1.807, 2.05) is 6.07 Å². The minimum atomic E-state index is -4.53. The summed E-state index contributed by atoms with van der Waals surface area (Å²) >= 11 is 0. The van der Waals surface area contributed by atoms with Gasteiger partial charge in [0.05, 0.1) is 0 Å². The normalized spacial score (nSPS) is 12.0. The van der Waals surface area contributed by atoms with Crippen LogP contribution in [-0.2, 0) is 11.0 Å². The van der Waals surface area contributed by atoms with Crippen molar-refractivity contribution >= 4 is 24.3 Å². The molecular formula is C15H17ClF3N5O. The van der Waals surface area contributed by atoms with E-state index in [-0.39, 0.29) is 37.4 Å². The van der Waals surface area contributed by atoms with Gasteiger partial charge in [0, 0.05) is 19.3 Å². The Kier molecular flexibility index (Phi) is 7.59. The van der Waals surface area contributed by atoms with Gasteiger partial charge in [-0.3, -0.25) is 4.79 Å². The summed E-state index contributed by atoms with van der Waals surface area (Å²) in [6, 6.07) is 8.80. The average molecular weight is 376 g/mol. The van der Waals surface area contributed by atoms with E-state index in [1.54, 1.807) is 24.3 Å². The molecule has 0 fully saturated rings. The Hall–Kier alpha value is -2.39. The second-order valence-electron chi connectivity index (χ2n) is 4.87. The number of nitrogens with one attached hydrogen (secondary N) is 2. The number of hydrogen-bond acceptors (Lipinski definition) is 5. The zero-order valence-corrected chi connectivity index (χ0v) is 13.8. The lowest BCUT2D eigenvalue weighted by atomic mass is 10.1. The fourth-order valence-corrected chi connectivity index (χ4v) is 1.88. The van der Waals surface area contributed by atoms with Gasteiger partial charge in [-0.15, -0.1) is 12.4 Å². The van der Waals surface area contributed by atoms with Crippen LogP contribution in [0.4, 0.5) is 19.1 Å². The van der Waals surface area contributed by atoms with E-state index in [0.717, 1.165) is 12.3 Å². The molecule has 2 aromatic rings. The van der Waals surface area contributed by atoms with Crippen LogP contribution in [0, 0.1) is 0 Å². The molecule has 136 valence electrons. The van der Waals surface area contributed by atoms with Gasteiger partial charge in [-0.2, -0.15) is 13.2 Å². The highest BCUT2D eigenvalue weighted by atomic mass is 35.5. The summed E-state index contributed by atoms with van der Waals surface area (Å²) in [7, 11) is 0. The fraction of sp³-hybridized carbons (Fsp3) is 0.267. The van der Waals surface area contributed by atoms with Crippen LogP contribution in [0.25, 0.3) is 0 Å². The van der Waals surface area contributed by atoms with Crippen LogP contribution in [0.15, 0.2) is 42.6 Å². The number of anilines is 1. The van der Waals surface area contributed by atoms with E-state index >= 15 is 0 Å².